The van der Waals surface area contributed by atoms with Crippen molar-refractivity contribution in [1.29, 1.82) is 0 Å². The minimum atomic E-state index is -3.74. The molecule has 6 heteroatoms. The van der Waals surface area contributed by atoms with E-state index in [9.17, 15) is 8.42 Å². The van der Waals surface area contributed by atoms with Crippen LogP contribution in [0.15, 0.2) is 46.9 Å². The van der Waals surface area contributed by atoms with Gasteiger partial charge in [-0.3, -0.25) is 4.31 Å². The largest absolute Gasteiger partial charge is 0.496 e. The summed E-state index contributed by atoms with van der Waals surface area (Å²) in [6.45, 7) is 4.69. The Hall–Kier alpha value is -2.47. The molecule has 0 N–H and O–H groups in total. The third kappa shape index (κ3) is 4.45. The first-order valence-electron chi connectivity index (χ1n) is 11.0. The van der Waals surface area contributed by atoms with E-state index in [2.05, 4.69) is 13.0 Å². The van der Waals surface area contributed by atoms with Gasteiger partial charge in [-0.1, -0.05) is 43.0 Å². The number of fused-ring (bicyclic) bond motifs is 1. The molecule has 5 nitrogen and oxygen atoms in total. The van der Waals surface area contributed by atoms with Gasteiger partial charge in [0.2, 0.25) is 0 Å². The summed E-state index contributed by atoms with van der Waals surface area (Å²) < 4.78 is 39.6. The third-order valence-electron chi connectivity index (χ3n) is 6.41. The molecule has 166 valence electrons. The van der Waals surface area contributed by atoms with Crippen molar-refractivity contribution in [2.75, 3.05) is 24.6 Å². The van der Waals surface area contributed by atoms with Gasteiger partial charge in [0.1, 0.15) is 18.1 Å². The Morgan fingerprint density at radius 2 is 1.90 bits per heavy atom. The van der Waals surface area contributed by atoms with Gasteiger partial charge >= 0.3 is 0 Å². The number of anilines is 1. The van der Waals surface area contributed by atoms with Crippen LogP contribution in [0.5, 0.6) is 11.5 Å². The van der Waals surface area contributed by atoms with Gasteiger partial charge in [0.05, 0.1) is 24.2 Å². The van der Waals surface area contributed by atoms with Gasteiger partial charge in [-0.2, -0.15) is 0 Å². The van der Waals surface area contributed by atoms with Crippen LogP contribution < -0.4 is 13.8 Å². The lowest BCUT2D eigenvalue weighted by Gasteiger charge is -2.31. The fourth-order valence-electron chi connectivity index (χ4n) is 4.58. The maximum atomic E-state index is 13.5. The molecule has 2 aromatic carbocycles. The van der Waals surface area contributed by atoms with Crippen molar-refractivity contribution in [3.8, 4) is 11.5 Å². The Morgan fingerprint density at radius 3 is 2.65 bits per heavy atom. The summed E-state index contributed by atoms with van der Waals surface area (Å²) in [5.41, 5.74) is 3.87. The molecule has 31 heavy (non-hydrogen) atoms. The Kier molecular flexibility index (Phi) is 6.28. The van der Waals surface area contributed by atoms with Crippen LogP contribution in [-0.2, 0) is 10.0 Å². The van der Waals surface area contributed by atoms with Crippen molar-refractivity contribution in [3.05, 3.63) is 53.1 Å². The van der Waals surface area contributed by atoms with Crippen LogP contribution in [0.2, 0.25) is 0 Å². The molecular weight excluding hydrogens is 410 g/mol. The predicted octanol–water partition coefficient (Wildman–Crippen LogP) is 5.57. The Bertz CT molecular complexity index is 1080. The van der Waals surface area contributed by atoms with Crippen LogP contribution in [0, 0.1) is 12.8 Å². The Morgan fingerprint density at radius 1 is 1.13 bits per heavy atom. The van der Waals surface area contributed by atoms with E-state index in [1.165, 1.54) is 42.0 Å². The minimum Gasteiger partial charge on any atom is -0.496 e. The van der Waals surface area contributed by atoms with E-state index < -0.39 is 10.0 Å². The van der Waals surface area contributed by atoms with Crippen molar-refractivity contribution < 1.29 is 17.9 Å². The van der Waals surface area contributed by atoms with Gasteiger partial charge in [-0.05, 0) is 61.9 Å². The molecule has 1 heterocycles. The van der Waals surface area contributed by atoms with E-state index in [-0.39, 0.29) is 11.4 Å². The molecule has 0 unspecified atom stereocenters. The Balaban J connectivity index is 1.69. The molecule has 1 fully saturated rings. The van der Waals surface area contributed by atoms with Crippen LogP contribution in [0.25, 0.3) is 6.08 Å². The van der Waals surface area contributed by atoms with Crippen molar-refractivity contribution >= 4 is 21.8 Å². The van der Waals surface area contributed by atoms with Crippen LogP contribution >= 0.6 is 0 Å². The molecule has 0 amide bonds. The number of rotatable bonds is 5. The van der Waals surface area contributed by atoms with E-state index >= 15 is 0 Å². The maximum absolute atomic E-state index is 13.5. The molecule has 0 saturated heterocycles. The first kappa shape index (κ1) is 21.8. The molecule has 2 aromatic rings. The molecule has 1 saturated carbocycles. The van der Waals surface area contributed by atoms with Gasteiger partial charge in [-0.15, -0.1) is 0 Å². The number of methoxy groups -OCH3 is 1. The topological polar surface area (TPSA) is 55.8 Å². The van der Waals surface area contributed by atoms with Crippen molar-refractivity contribution in [2.45, 2.75) is 50.8 Å². The third-order valence-corrected chi connectivity index (χ3v) is 8.22. The normalized spacial score (nSPS) is 17.8. The highest BCUT2D eigenvalue weighted by Gasteiger charge is 2.31. The number of nitrogens with zero attached hydrogens (tertiary/aromatic N) is 1. The summed E-state index contributed by atoms with van der Waals surface area (Å²) in [5, 5.41) is 0. The molecule has 0 spiro atoms. The van der Waals surface area contributed by atoms with E-state index in [4.69, 9.17) is 9.47 Å². The second-order valence-corrected chi connectivity index (χ2v) is 10.4. The van der Waals surface area contributed by atoms with E-state index in [0.29, 0.717) is 29.7 Å². The lowest BCUT2D eigenvalue weighted by Crippen LogP contribution is -2.38. The lowest BCUT2D eigenvalue weighted by molar-refractivity contribution is 0.316. The first-order chi connectivity index (χ1) is 14.9. The quantitative estimate of drug-likeness (QED) is 0.608. The number of hydrogen-bond acceptors (Lipinski definition) is 4. The van der Waals surface area contributed by atoms with Crippen molar-refractivity contribution in [3.63, 3.8) is 0 Å². The molecule has 0 radical (unpaired) electrons. The SMILES string of the molecule is COc1cc(S(=O)(=O)N2CCOc3ccc(/C=C(\C)C4CCCCC4)cc32)ccc1C. The zero-order chi connectivity index (χ0) is 22.0. The summed E-state index contributed by atoms with van der Waals surface area (Å²) in [4.78, 5) is 0.224. The highest BCUT2D eigenvalue weighted by Crippen LogP contribution is 2.38. The monoisotopic (exact) mass is 441 g/mol. The number of benzene rings is 2. The number of hydrogen-bond donors (Lipinski definition) is 0. The number of allylic oxidation sites excluding steroid dienone is 1. The highest BCUT2D eigenvalue weighted by molar-refractivity contribution is 7.92. The van der Waals surface area contributed by atoms with Gasteiger partial charge in [0.15, 0.2) is 0 Å². The highest BCUT2D eigenvalue weighted by atomic mass is 32.2. The van der Waals surface area contributed by atoms with Gasteiger partial charge in [0, 0.05) is 6.07 Å². The van der Waals surface area contributed by atoms with Crippen molar-refractivity contribution in [2.24, 2.45) is 5.92 Å². The van der Waals surface area contributed by atoms with Gasteiger partial charge < -0.3 is 9.47 Å². The van der Waals surface area contributed by atoms with E-state index in [1.807, 2.05) is 25.1 Å². The molecule has 1 aliphatic carbocycles. The first-order valence-corrected chi connectivity index (χ1v) is 12.5. The second kappa shape index (κ2) is 8.95. The summed E-state index contributed by atoms with van der Waals surface area (Å²) in [6, 6.07) is 10.8. The summed E-state index contributed by atoms with van der Waals surface area (Å²) in [7, 11) is -2.19. The summed E-state index contributed by atoms with van der Waals surface area (Å²) in [5.74, 6) is 1.79. The molecule has 2 aliphatic rings. The molecule has 0 atom stereocenters. The zero-order valence-electron chi connectivity index (χ0n) is 18.6. The van der Waals surface area contributed by atoms with E-state index in [0.717, 1.165) is 11.1 Å². The number of sulfonamides is 1. The summed E-state index contributed by atoms with van der Waals surface area (Å²) in [6.07, 6.45) is 8.60. The number of aryl methyl sites for hydroxylation is 1. The molecule has 0 bridgehead atoms. The van der Waals surface area contributed by atoms with Gasteiger partial charge in [0.25, 0.3) is 10.0 Å². The van der Waals surface area contributed by atoms with Crippen LogP contribution in [-0.4, -0.2) is 28.7 Å². The van der Waals surface area contributed by atoms with Crippen LogP contribution in [0.1, 0.15) is 50.2 Å². The fourth-order valence-corrected chi connectivity index (χ4v) is 6.04. The van der Waals surface area contributed by atoms with E-state index in [1.54, 1.807) is 25.3 Å². The predicted molar refractivity (Wildman–Crippen MR) is 124 cm³/mol. The Labute approximate surface area is 185 Å². The molecule has 1 aliphatic heterocycles. The van der Waals surface area contributed by atoms with Crippen LogP contribution in [0.3, 0.4) is 0 Å². The summed E-state index contributed by atoms with van der Waals surface area (Å²) >= 11 is 0. The van der Waals surface area contributed by atoms with Crippen molar-refractivity contribution in [1.82, 2.24) is 0 Å². The second-order valence-electron chi connectivity index (χ2n) is 8.51. The minimum absolute atomic E-state index is 0.224. The zero-order valence-corrected chi connectivity index (χ0v) is 19.4. The standard InChI is InChI=1S/C25H31NO4S/c1-18-9-11-22(17-25(18)29-3)31(27,28)26-13-14-30-24-12-10-20(16-23(24)26)15-19(2)21-7-5-4-6-8-21/h9-12,15-17,21H,4-8,13-14H2,1-3H3/b19-15+. The molecular formula is C25H31NO4S. The lowest BCUT2D eigenvalue weighted by atomic mass is 9.84. The maximum Gasteiger partial charge on any atom is 0.264 e. The molecule has 4 rings (SSSR count). The number of ether oxygens (including phenoxy) is 2. The average Bonchev–Trinajstić information content (AvgIpc) is 2.79. The molecule has 0 aromatic heterocycles. The average molecular weight is 442 g/mol. The van der Waals surface area contributed by atoms with Crippen LogP contribution in [0.4, 0.5) is 5.69 Å². The smallest absolute Gasteiger partial charge is 0.264 e. The fraction of sp³-hybridized carbons (Fsp3) is 0.440. The van der Waals surface area contributed by atoms with Gasteiger partial charge in [-0.25, -0.2) is 8.42 Å².